The number of nitrogens with one attached hydrogen (secondary N) is 1. The fraction of sp³-hybridized carbons (Fsp3) is 0.533. The quantitative estimate of drug-likeness (QED) is 0.840. The third-order valence-electron chi connectivity index (χ3n) is 3.26. The van der Waals surface area contributed by atoms with E-state index in [0.29, 0.717) is 13.0 Å². The number of carbonyl (C=O) groups is 1. The predicted molar refractivity (Wildman–Crippen MR) is 83.3 cm³/mol. The molecule has 0 fully saturated rings. The van der Waals surface area contributed by atoms with E-state index in [-0.39, 0.29) is 6.03 Å². The van der Waals surface area contributed by atoms with E-state index >= 15 is 0 Å². The molecule has 1 aromatic carbocycles. The van der Waals surface area contributed by atoms with Gasteiger partial charge in [-0.15, -0.1) is 0 Å². The van der Waals surface area contributed by atoms with Gasteiger partial charge in [0, 0.05) is 27.2 Å². The van der Waals surface area contributed by atoms with Crippen LogP contribution in [0.4, 0.5) is 16.2 Å². The molecule has 5 heteroatoms. The van der Waals surface area contributed by atoms with Crippen molar-refractivity contribution in [2.24, 2.45) is 0 Å². The first-order valence-electron chi connectivity index (χ1n) is 6.96. The van der Waals surface area contributed by atoms with Gasteiger partial charge >= 0.3 is 6.03 Å². The lowest BCUT2D eigenvalue weighted by Gasteiger charge is -2.23. The standard InChI is InChI=1S/C15H25N3O2/c1-5-17(3)14-9-7-6-8-13(14)16-15(20)18(4)11-10-12(2)19/h6-9,12,19H,5,10-11H2,1-4H3,(H,16,20). The Bertz CT molecular complexity index is 435. The molecule has 2 N–H and O–H groups in total. The van der Waals surface area contributed by atoms with E-state index in [0.717, 1.165) is 17.9 Å². The van der Waals surface area contributed by atoms with E-state index in [9.17, 15) is 9.90 Å². The molecule has 5 nitrogen and oxygen atoms in total. The van der Waals surface area contributed by atoms with E-state index in [1.807, 2.05) is 31.3 Å². The van der Waals surface area contributed by atoms with Crippen LogP contribution in [0.25, 0.3) is 0 Å². The highest BCUT2D eigenvalue weighted by molar-refractivity contribution is 5.93. The SMILES string of the molecule is CCN(C)c1ccccc1NC(=O)N(C)CCC(C)O. The summed E-state index contributed by atoms with van der Waals surface area (Å²) in [7, 11) is 3.71. The van der Waals surface area contributed by atoms with Gasteiger partial charge in [-0.2, -0.15) is 0 Å². The van der Waals surface area contributed by atoms with Crippen molar-refractivity contribution in [3.63, 3.8) is 0 Å². The van der Waals surface area contributed by atoms with E-state index in [2.05, 4.69) is 17.1 Å². The van der Waals surface area contributed by atoms with Crippen molar-refractivity contribution in [2.45, 2.75) is 26.4 Å². The zero-order chi connectivity index (χ0) is 15.1. The Morgan fingerprint density at radius 1 is 1.35 bits per heavy atom. The number of rotatable bonds is 6. The van der Waals surface area contributed by atoms with Crippen LogP contribution in [0.3, 0.4) is 0 Å². The molecule has 2 amide bonds. The monoisotopic (exact) mass is 279 g/mol. The Balaban J connectivity index is 2.70. The topological polar surface area (TPSA) is 55.8 Å². The molecule has 0 saturated heterocycles. The lowest BCUT2D eigenvalue weighted by molar-refractivity contribution is 0.167. The maximum absolute atomic E-state index is 12.1. The number of nitrogens with zero attached hydrogens (tertiary/aromatic N) is 2. The van der Waals surface area contributed by atoms with Gasteiger partial charge in [-0.3, -0.25) is 0 Å². The molecule has 1 atom stereocenters. The number of urea groups is 1. The van der Waals surface area contributed by atoms with Crippen molar-refractivity contribution in [3.8, 4) is 0 Å². The summed E-state index contributed by atoms with van der Waals surface area (Å²) in [6, 6.07) is 7.56. The largest absolute Gasteiger partial charge is 0.393 e. The summed E-state index contributed by atoms with van der Waals surface area (Å²) in [5.74, 6) is 0. The lowest BCUT2D eigenvalue weighted by Crippen LogP contribution is -2.33. The highest BCUT2D eigenvalue weighted by Gasteiger charge is 2.12. The first-order chi connectivity index (χ1) is 9.45. The van der Waals surface area contributed by atoms with Crippen LogP contribution in [-0.4, -0.2) is 49.3 Å². The fourth-order valence-corrected chi connectivity index (χ4v) is 1.78. The Hall–Kier alpha value is -1.75. The van der Waals surface area contributed by atoms with Gasteiger partial charge < -0.3 is 20.2 Å². The first kappa shape index (κ1) is 16.3. The van der Waals surface area contributed by atoms with Crippen LogP contribution >= 0.6 is 0 Å². The molecule has 20 heavy (non-hydrogen) atoms. The second kappa shape index (κ2) is 7.75. The molecule has 0 aromatic heterocycles. The third-order valence-corrected chi connectivity index (χ3v) is 3.26. The number of aliphatic hydroxyl groups excluding tert-OH is 1. The molecule has 0 aliphatic heterocycles. The zero-order valence-corrected chi connectivity index (χ0v) is 12.8. The smallest absolute Gasteiger partial charge is 0.321 e. The number of para-hydroxylation sites is 2. The van der Waals surface area contributed by atoms with Crippen LogP contribution in [0.5, 0.6) is 0 Å². The molecule has 1 rings (SSSR count). The van der Waals surface area contributed by atoms with Crippen molar-refractivity contribution < 1.29 is 9.90 Å². The number of carbonyl (C=O) groups excluding carboxylic acids is 1. The maximum atomic E-state index is 12.1. The molecule has 0 aliphatic carbocycles. The summed E-state index contributed by atoms with van der Waals surface area (Å²) in [4.78, 5) is 15.8. The molecule has 0 radical (unpaired) electrons. The lowest BCUT2D eigenvalue weighted by atomic mass is 10.2. The minimum atomic E-state index is -0.399. The molecular weight excluding hydrogens is 254 g/mol. The van der Waals surface area contributed by atoms with E-state index in [1.54, 1.807) is 18.9 Å². The van der Waals surface area contributed by atoms with Crippen LogP contribution in [0, 0.1) is 0 Å². The van der Waals surface area contributed by atoms with Gasteiger partial charge in [-0.05, 0) is 32.4 Å². The number of hydrogen-bond acceptors (Lipinski definition) is 3. The average Bonchev–Trinajstić information content (AvgIpc) is 2.44. The van der Waals surface area contributed by atoms with E-state index < -0.39 is 6.10 Å². The molecule has 0 bridgehead atoms. The summed E-state index contributed by atoms with van der Waals surface area (Å²) >= 11 is 0. The van der Waals surface area contributed by atoms with Crippen LogP contribution in [-0.2, 0) is 0 Å². The summed E-state index contributed by atoms with van der Waals surface area (Å²) in [6.45, 7) is 5.17. The van der Waals surface area contributed by atoms with Gasteiger partial charge in [-0.1, -0.05) is 12.1 Å². The molecule has 0 saturated carbocycles. The zero-order valence-electron chi connectivity index (χ0n) is 12.8. The number of hydrogen-bond donors (Lipinski definition) is 2. The highest BCUT2D eigenvalue weighted by Crippen LogP contribution is 2.24. The van der Waals surface area contributed by atoms with Gasteiger partial charge in [0.1, 0.15) is 0 Å². The third kappa shape index (κ3) is 4.74. The summed E-state index contributed by atoms with van der Waals surface area (Å²) in [5.41, 5.74) is 1.79. The fourth-order valence-electron chi connectivity index (χ4n) is 1.78. The molecule has 0 aliphatic rings. The van der Waals surface area contributed by atoms with Gasteiger partial charge in [-0.25, -0.2) is 4.79 Å². The minimum absolute atomic E-state index is 0.164. The van der Waals surface area contributed by atoms with Crippen molar-refractivity contribution in [1.29, 1.82) is 0 Å². The number of amides is 2. The molecular formula is C15H25N3O2. The van der Waals surface area contributed by atoms with Crippen molar-refractivity contribution in [1.82, 2.24) is 4.90 Å². The highest BCUT2D eigenvalue weighted by atomic mass is 16.3. The van der Waals surface area contributed by atoms with Gasteiger partial charge in [0.2, 0.25) is 0 Å². The van der Waals surface area contributed by atoms with Crippen LogP contribution in [0.2, 0.25) is 0 Å². The molecule has 0 spiro atoms. The Morgan fingerprint density at radius 3 is 2.60 bits per heavy atom. The van der Waals surface area contributed by atoms with Crippen molar-refractivity contribution in [3.05, 3.63) is 24.3 Å². The van der Waals surface area contributed by atoms with E-state index in [4.69, 9.17) is 0 Å². The Labute approximate surface area is 121 Å². The number of benzene rings is 1. The normalized spacial score (nSPS) is 11.8. The van der Waals surface area contributed by atoms with E-state index in [1.165, 1.54) is 0 Å². The van der Waals surface area contributed by atoms with Gasteiger partial charge in [0.05, 0.1) is 17.5 Å². The van der Waals surface area contributed by atoms with Gasteiger partial charge in [0.25, 0.3) is 0 Å². The minimum Gasteiger partial charge on any atom is -0.393 e. The molecule has 1 aromatic rings. The Morgan fingerprint density at radius 2 is 2.00 bits per heavy atom. The Kier molecular flexibility index (Phi) is 6.31. The molecule has 112 valence electrons. The van der Waals surface area contributed by atoms with Crippen LogP contribution in [0.15, 0.2) is 24.3 Å². The van der Waals surface area contributed by atoms with Crippen molar-refractivity contribution in [2.75, 3.05) is 37.4 Å². The van der Waals surface area contributed by atoms with Crippen LogP contribution in [0.1, 0.15) is 20.3 Å². The molecule has 1 unspecified atom stereocenters. The maximum Gasteiger partial charge on any atom is 0.321 e. The van der Waals surface area contributed by atoms with Crippen LogP contribution < -0.4 is 10.2 Å². The summed E-state index contributed by atoms with van der Waals surface area (Å²) in [6.07, 6.45) is 0.171. The average molecular weight is 279 g/mol. The second-order valence-electron chi connectivity index (χ2n) is 5.02. The molecule has 0 heterocycles. The number of anilines is 2. The predicted octanol–water partition coefficient (Wildman–Crippen LogP) is 2.38. The van der Waals surface area contributed by atoms with Crippen molar-refractivity contribution >= 4 is 17.4 Å². The summed E-state index contributed by atoms with van der Waals surface area (Å²) < 4.78 is 0. The summed E-state index contributed by atoms with van der Waals surface area (Å²) in [5, 5.41) is 12.2. The second-order valence-corrected chi connectivity index (χ2v) is 5.02. The number of aliphatic hydroxyl groups is 1. The van der Waals surface area contributed by atoms with Gasteiger partial charge in [0.15, 0.2) is 0 Å². The first-order valence-corrected chi connectivity index (χ1v) is 6.96.